The molecule has 5 nitrogen and oxygen atoms in total. The zero-order chi connectivity index (χ0) is 13.9. The third-order valence-electron chi connectivity index (χ3n) is 2.83. The molecular weight excluding hydrogens is 259 g/mol. The number of rotatable bonds is 3. The Labute approximate surface area is 114 Å². The van der Waals surface area contributed by atoms with Crippen LogP contribution >= 0.6 is 0 Å². The van der Waals surface area contributed by atoms with E-state index in [1.54, 1.807) is 13.3 Å². The lowest BCUT2D eigenvalue weighted by Gasteiger charge is -2.06. The van der Waals surface area contributed by atoms with Crippen LogP contribution in [0.5, 0.6) is 5.75 Å². The average molecular weight is 270 g/mol. The summed E-state index contributed by atoms with van der Waals surface area (Å²) < 4.78 is 20.5. The van der Waals surface area contributed by atoms with Crippen molar-refractivity contribution in [2.45, 2.75) is 0 Å². The fraction of sp³-hybridized carbons (Fsp3) is 0.0714. The van der Waals surface area contributed by atoms with Crippen LogP contribution in [0.15, 0.2) is 48.8 Å². The predicted octanol–water partition coefficient (Wildman–Crippen LogP) is 2.48. The number of nitrogens with zero attached hydrogens (tertiary/aromatic N) is 4. The van der Waals surface area contributed by atoms with Crippen molar-refractivity contribution in [3.05, 3.63) is 54.6 Å². The number of halogens is 1. The van der Waals surface area contributed by atoms with Gasteiger partial charge in [-0.3, -0.25) is 4.98 Å². The van der Waals surface area contributed by atoms with Crippen molar-refractivity contribution in [1.82, 2.24) is 20.0 Å². The highest BCUT2D eigenvalue weighted by Gasteiger charge is 2.12. The zero-order valence-corrected chi connectivity index (χ0v) is 10.7. The first-order chi connectivity index (χ1) is 9.79. The van der Waals surface area contributed by atoms with Crippen LogP contribution in [-0.2, 0) is 0 Å². The van der Waals surface area contributed by atoms with E-state index < -0.39 is 5.82 Å². The van der Waals surface area contributed by atoms with Gasteiger partial charge in [0.15, 0.2) is 5.82 Å². The second-order valence-corrected chi connectivity index (χ2v) is 4.05. The Morgan fingerprint density at radius 2 is 2.00 bits per heavy atom. The molecule has 0 saturated heterocycles. The molecule has 1 aromatic carbocycles. The van der Waals surface area contributed by atoms with Crippen molar-refractivity contribution in [3.8, 4) is 22.8 Å². The van der Waals surface area contributed by atoms with Crippen LogP contribution in [0.25, 0.3) is 17.1 Å². The standard InChI is InChI=1S/C14H11FN4O/c1-20-13-7-3-2-6-12(13)19-9-11(17-18-19)14-10(15)5-4-8-16-14/h2-9H,1H3. The van der Waals surface area contributed by atoms with Gasteiger partial charge in [0.1, 0.15) is 22.8 Å². The van der Waals surface area contributed by atoms with Gasteiger partial charge >= 0.3 is 0 Å². The predicted molar refractivity (Wildman–Crippen MR) is 71.1 cm³/mol. The zero-order valence-electron chi connectivity index (χ0n) is 10.7. The number of hydrogen-bond acceptors (Lipinski definition) is 4. The van der Waals surface area contributed by atoms with Gasteiger partial charge in [0.2, 0.25) is 0 Å². The molecule has 3 rings (SSSR count). The number of pyridine rings is 1. The Kier molecular flexibility index (Phi) is 3.12. The number of para-hydroxylation sites is 2. The molecule has 0 aliphatic carbocycles. The molecule has 0 atom stereocenters. The topological polar surface area (TPSA) is 52.8 Å². The van der Waals surface area contributed by atoms with Crippen LogP contribution in [0.4, 0.5) is 4.39 Å². The number of methoxy groups -OCH3 is 1. The lowest BCUT2D eigenvalue weighted by molar-refractivity contribution is 0.411. The van der Waals surface area contributed by atoms with E-state index in [1.165, 1.54) is 23.0 Å². The van der Waals surface area contributed by atoms with Gasteiger partial charge in [0, 0.05) is 6.20 Å². The molecule has 20 heavy (non-hydrogen) atoms. The molecule has 0 aliphatic rings. The summed E-state index contributed by atoms with van der Waals surface area (Å²) in [5.41, 5.74) is 1.27. The van der Waals surface area contributed by atoms with Gasteiger partial charge in [-0.25, -0.2) is 9.07 Å². The Balaban J connectivity index is 2.05. The summed E-state index contributed by atoms with van der Waals surface area (Å²) in [6, 6.07) is 10.2. The molecule has 0 amide bonds. The maximum Gasteiger partial charge on any atom is 0.151 e. The van der Waals surface area contributed by atoms with E-state index in [-0.39, 0.29) is 5.69 Å². The Bertz CT molecular complexity index is 741. The first-order valence-corrected chi connectivity index (χ1v) is 5.96. The van der Waals surface area contributed by atoms with E-state index in [9.17, 15) is 4.39 Å². The SMILES string of the molecule is COc1ccccc1-n1cc(-c2ncccc2F)nn1. The lowest BCUT2D eigenvalue weighted by atomic mass is 10.2. The number of benzene rings is 1. The highest BCUT2D eigenvalue weighted by molar-refractivity contribution is 5.54. The quantitative estimate of drug-likeness (QED) is 0.733. The van der Waals surface area contributed by atoms with Crippen molar-refractivity contribution in [1.29, 1.82) is 0 Å². The molecule has 2 aromatic heterocycles. The van der Waals surface area contributed by atoms with Gasteiger partial charge < -0.3 is 4.74 Å². The van der Waals surface area contributed by atoms with E-state index in [0.717, 1.165) is 5.69 Å². The first-order valence-electron chi connectivity index (χ1n) is 5.96. The fourth-order valence-electron chi connectivity index (χ4n) is 1.88. The summed E-state index contributed by atoms with van der Waals surface area (Å²) in [6.07, 6.45) is 3.13. The van der Waals surface area contributed by atoms with Gasteiger partial charge in [-0.2, -0.15) is 0 Å². The van der Waals surface area contributed by atoms with E-state index in [2.05, 4.69) is 15.3 Å². The van der Waals surface area contributed by atoms with Crippen LogP contribution in [-0.4, -0.2) is 27.1 Å². The summed E-state index contributed by atoms with van der Waals surface area (Å²) in [4.78, 5) is 3.98. The summed E-state index contributed by atoms with van der Waals surface area (Å²) in [5.74, 6) is 0.227. The molecule has 0 spiro atoms. The molecular formula is C14H11FN4O. The minimum absolute atomic E-state index is 0.175. The van der Waals surface area contributed by atoms with Crippen molar-refractivity contribution in [2.24, 2.45) is 0 Å². The second kappa shape index (κ2) is 5.08. The average Bonchev–Trinajstić information content (AvgIpc) is 2.97. The Hall–Kier alpha value is -2.76. The van der Waals surface area contributed by atoms with Crippen molar-refractivity contribution >= 4 is 0 Å². The fourth-order valence-corrected chi connectivity index (χ4v) is 1.88. The minimum atomic E-state index is -0.431. The van der Waals surface area contributed by atoms with Gasteiger partial charge in [0.25, 0.3) is 0 Å². The molecule has 0 N–H and O–H groups in total. The lowest BCUT2D eigenvalue weighted by Crippen LogP contribution is -1.98. The molecule has 0 unspecified atom stereocenters. The Morgan fingerprint density at radius 3 is 2.80 bits per heavy atom. The molecule has 0 radical (unpaired) electrons. The smallest absolute Gasteiger partial charge is 0.151 e. The van der Waals surface area contributed by atoms with Crippen LogP contribution < -0.4 is 4.74 Å². The molecule has 100 valence electrons. The molecule has 2 heterocycles. The van der Waals surface area contributed by atoms with Crippen LogP contribution in [0.1, 0.15) is 0 Å². The molecule has 3 aromatic rings. The van der Waals surface area contributed by atoms with Gasteiger partial charge in [-0.05, 0) is 24.3 Å². The van der Waals surface area contributed by atoms with E-state index in [0.29, 0.717) is 11.4 Å². The minimum Gasteiger partial charge on any atom is -0.494 e. The molecule has 6 heteroatoms. The van der Waals surface area contributed by atoms with Crippen LogP contribution in [0.3, 0.4) is 0 Å². The van der Waals surface area contributed by atoms with Gasteiger partial charge in [-0.1, -0.05) is 17.3 Å². The first kappa shape index (κ1) is 12.3. The number of aromatic nitrogens is 4. The Morgan fingerprint density at radius 1 is 1.15 bits per heavy atom. The van der Waals surface area contributed by atoms with E-state index in [1.807, 2.05) is 24.3 Å². The monoisotopic (exact) mass is 270 g/mol. The maximum absolute atomic E-state index is 13.7. The molecule has 0 bridgehead atoms. The summed E-state index contributed by atoms with van der Waals surface area (Å²) in [7, 11) is 1.58. The van der Waals surface area contributed by atoms with Crippen molar-refractivity contribution < 1.29 is 9.13 Å². The van der Waals surface area contributed by atoms with Crippen molar-refractivity contribution in [2.75, 3.05) is 7.11 Å². The summed E-state index contributed by atoms with van der Waals surface area (Å²) in [6.45, 7) is 0. The summed E-state index contributed by atoms with van der Waals surface area (Å²) >= 11 is 0. The third-order valence-corrected chi connectivity index (χ3v) is 2.83. The summed E-state index contributed by atoms with van der Waals surface area (Å²) in [5, 5.41) is 7.95. The highest BCUT2D eigenvalue weighted by Crippen LogP contribution is 2.23. The number of hydrogen-bond donors (Lipinski definition) is 0. The maximum atomic E-state index is 13.7. The highest BCUT2D eigenvalue weighted by atomic mass is 19.1. The normalized spacial score (nSPS) is 10.5. The third kappa shape index (κ3) is 2.11. The van der Waals surface area contributed by atoms with Gasteiger partial charge in [-0.15, -0.1) is 5.10 Å². The van der Waals surface area contributed by atoms with E-state index >= 15 is 0 Å². The second-order valence-electron chi connectivity index (χ2n) is 4.05. The van der Waals surface area contributed by atoms with E-state index in [4.69, 9.17) is 4.74 Å². The van der Waals surface area contributed by atoms with Crippen molar-refractivity contribution in [3.63, 3.8) is 0 Å². The molecule has 0 saturated carbocycles. The van der Waals surface area contributed by atoms with Crippen LogP contribution in [0.2, 0.25) is 0 Å². The van der Waals surface area contributed by atoms with Crippen LogP contribution in [0, 0.1) is 5.82 Å². The van der Waals surface area contributed by atoms with Gasteiger partial charge in [0.05, 0.1) is 13.3 Å². The molecule has 0 fully saturated rings. The largest absolute Gasteiger partial charge is 0.494 e. The number of ether oxygens (including phenoxy) is 1. The molecule has 0 aliphatic heterocycles.